The fraction of sp³-hybridized carbons (Fsp3) is 0.605. The van der Waals surface area contributed by atoms with Gasteiger partial charge in [-0.3, -0.25) is 53.0 Å². The lowest BCUT2D eigenvalue weighted by atomic mass is 9.93. The Morgan fingerprint density at radius 1 is 0.542 bits per heavy atom. The van der Waals surface area contributed by atoms with Gasteiger partial charge >= 0.3 is 12.2 Å². The van der Waals surface area contributed by atoms with Crippen LogP contribution in [0.3, 0.4) is 0 Å². The Balaban J connectivity index is 1.85. The van der Waals surface area contributed by atoms with Crippen LogP contribution in [0.2, 0.25) is 0 Å². The van der Waals surface area contributed by atoms with Gasteiger partial charge in [-0.1, -0.05) is 0 Å². The maximum Gasteiger partial charge on any atom is 0.407 e. The first kappa shape index (κ1) is 49.2. The molecule has 5 N–H and O–H groups in total. The van der Waals surface area contributed by atoms with E-state index in [-0.39, 0.29) is 122 Å². The van der Waals surface area contributed by atoms with E-state index >= 15 is 0 Å². The zero-order chi connectivity index (χ0) is 43.6. The molecule has 0 aromatic heterocycles. The molecule has 21 heteroatoms. The molecule has 59 heavy (non-hydrogen) atoms. The summed E-state index contributed by atoms with van der Waals surface area (Å²) in [6.07, 6.45) is 2.27. The van der Waals surface area contributed by atoms with Crippen LogP contribution in [0.4, 0.5) is 9.59 Å². The van der Waals surface area contributed by atoms with E-state index < -0.39 is 65.6 Å². The molecule has 2 aliphatic rings. The van der Waals surface area contributed by atoms with Crippen LogP contribution in [0.15, 0.2) is 24.3 Å². The third-order valence-corrected chi connectivity index (χ3v) is 8.56. The number of alkyl carbamates (subject to hydrolysis) is 2. The summed E-state index contributed by atoms with van der Waals surface area (Å²) in [5.41, 5.74) is 0. The van der Waals surface area contributed by atoms with Gasteiger partial charge in [-0.25, -0.2) is 9.59 Å². The van der Waals surface area contributed by atoms with Gasteiger partial charge in [0.1, 0.15) is 30.9 Å². The summed E-state index contributed by atoms with van der Waals surface area (Å²) in [7, 11) is 0. The fourth-order valence-corrected chi connectivity index (χ4v) is 5.58. The Kier molecular flexibility index (Phi) is 23.0. The summed E-state index contributed by atoms with van der Waals surface area (Å²) in [5, 5.41) is 12.8. The molecular formula is C38H55N7O14. The summed E-state index contributed by atoms with van der Waals surface area (Å²) in [6, 6.07) is 0. The molecule has 0 spiro atoms. The van der Waals surface area contributed by atoms with E-state index in [1.165, 1.54) is 0 Å². The summed E-state index contributed by atoms with van der Waals surface area (Å²) >= 11 is 0. The third kappa shape index (κ3) is 20.8. The highest BCUT2D eigenvalue weighted by Crippen LogP contribution is 2.17. The fourth-order valence-electron chi connectivity index (χ4n) is 5.58. The van der Waals surface area contributed by atoms with Crippen molar-refractivity contribution in [3.8, 4) is 0 Å². The maximum atomic E-state index is 13.0. The minimum Gasteiger partial charge on any atom is -0.447 e. The molecule has 0 saturated carbocycles. The predicted octanol–water partition coefficient (Wildman–Crippen LogP) is -0.672. The lowest BCUT2D eigenvalue weighted by molar-refractivity contribution is -0.139. The molecule has 9 amide bonds. The molecule has 0 aliphatic carbocycles. The predicted molar refractivity (Wildman–Crippen MR) is 206 cm³/mol. The molecule has 0 bridgehead atoms. The second-order valence-corrected chi connectivity index (χ2v) is 13.4. The molecule has 0 fully saturated rings. The molecule has 2 rings (SSSR count). The average Bonchev–Trinajstić information content (AvgIpc) is 3.69. The van der Waals surface area contributed by atoms with Crippen molar-refractivity contribution in [1.29, 1.82) is 0 Å². The van der Waals surface area contributed by atoms with E-state index in [4.69, 9.17) is 14.2 Å². The normalized spacial score (nSPS) is 13.7. The molecule has 21 nitrogen and oxygen atoms in total. The smallest absolute Gasteiger partial charge is 0.407 e. The standard InChI is InChI=1S/C38H55N7O14/c1-3-39-37(55)58-24-29(25-59-38(56)40-4-2)57-20-6-8-28(47)21-26(22-31(49)41-15-5-7-27(46)13-18-44-33(51)9-10-34(44)52)23-32(50)43-17-16-42-30(48)14-19-45-35(53)11-12-36(45)54/h9-12,26,29H,3-8,13-25H2,1-2H3,(H,39,55)(H,40,56)(H,41,49)(H,42,48)(H,43,50). The number of Topliss-reactive ketones (excluding diaryl/α,β-unsaturated/α-hetero) is 2. The number of imide groups is 2. The number of hydrogen-bond donors (Lipinski definition) is 5. The Morgan fingerprint density at radius 3 is 1.51 bits per heavy atom. The van der Waals surface area contributed by atoms with Gasteiger partial charge in [0.15, 0.2) is 0 Å². The van der Waals surface area contributed by atoms with Gasteiger partial charge in [-0.2, -0.15) is 0 Å². The van der Waals surface area contributed by atoms with Crippen molar-refractivity contribution in [2.45, 2.75) is 77.7 Å². The van der Waals surface area contributed by atoms with E-state index in [0.717, 1.165) is 34.1 Å². The van der Waals surface area contributed by atoms with Gasteiger partial charge in [0.05, 0.1) is 0 Å². The maximum absolute atomic E-state index is 13.0. The van der Waals surface area contributed by atoms with Gasteiger partial charge in [-0.05, 0) is 32.6 Å². The number of carbonyl (C=O) groups is 11. The highest BCUT2D eigenvalue weighted by atomic mass is 16.6. The lowest BCUT2D eigenvalue weighted by Crippen LogP contribution is -2.38. The number of ether oxygens (including phenoxy) is 3. The summed E-state index contributed by atoms with van der Waals surface area (Å²) < 4.78 is 15.9. The van der Waals surface area contributed by atoms with Gasteiger partial charge in [0, 0.05) is 122 Å². The van der Waals surface area contributed by atoms with Crippen LogP contribution >= 0.6 is 0 Å². The molecule has 0 aromatic carbocycles. The van der Waals surface area contributed by atoms with Gasteiger partial charge in [-0.15, -0.1) is 0 Å². The van der Waals surface area contributed by atoms with Gasteiger partial charge in [0.25, 0.3) is 23.6 Å². The number of carbonyl (C=O) groups excluding carboxylic acids is 11. The first-order valence-electron chi connectivity index (χ1n) is 19.6. The number of amides is 9. The summed E-state index contributed by atoms with van der Waals surface area (Å²) in [6.45, 7) is 3.75. The SMILES string of the molecule is CCNC(=O)OCC(COC(=O)NCC)OCCCC(=O)CC(CC(=O)NCCCC(=O)CCN1C(=O)C=CC1=O)CC(=O)NCCNC(=O)CCN1C(=O)C=CC1=O. The Labute approximate surface area is 341 Å². The quantitative estimate of drug-likeness (QED) is 0.0444. The molecule has 0 radical (unpaired) electrons. The zero-order valence-corrected chi connectivity index (χ0v) is 33.5. The highest BCUT2D eigenvalue weighted by Gasteiger charge is 2.25. The van der Waals surface area contributed by atoms with Crippen molar-refractivity contribution < 1.29 is 67.0 Å². The minimum absolute atomic E-state index is 0.0182. The molecule has 1 atom stereocenters. The van der Waals surface area contributed by atoms with Crippen LogP contribution in [0.25, 0.3) is 0 Å². The van der Waals surface area contributed by atoms with Crippen LogP contribution in [0.5, 0.6) is 0 Å². The Hall–Kier alpha value is -5.99. The minimum atomic E-state index is -0.818. The second kappa shape index (κ2) is 27.6. The van der Waals surface area contributed by atoms with Gasteiger partial charge < -0.3 is 40.8 Å². The summed E-state index contributed by atoms with van der Waals surface area (Å²) in [5.74, 6) is -4.52. The van der Waals surface area contributed by atoms with Crippen LogP contribution in [0.1, 0.15) is 71.6 Å². The highest BCUT2D eigenvalue weighted by molar-refractivity contribution is 6.13. The van der Waals surface area contributed by atoms with E-state index in [1.807, 2.05) is 0 Å². The number of nitrogens with zero attached hydrogens (tertiary/aromatic N) is 2. The van der Waals surface area contributed by atoms with Crippen molar-refractivity contribution >= 4 is 65.1 Å². The number of ketones is 2. The van der Waals surface area contributed by atoms with Crippen molar-refractivity contribution in [3.63, 3.8) is 0 Å². The first-order chi connectivity index (χ1) is 28.2. The lowest BCUT2D eigenvalue weighted by Gasteiger charge is -2.19. The van der Waals surface area contributed by atoms with Crippen LogP contribution in [-0.2, 0) is 57.4 Å². The third-order valence-electron chi connectivity index (χ3n) is 8.56. The summed E-state index contributed by atoms with van der Waals surface area (Å²) in [4.78, 5) is 135. The largest absolute Gasteiger partial charge is 0.447 e. The van der Waals surface area contributed by atoms with E-state index in [0.29, 0.717) is 13.1 Å². The van der Waals surface area contributed by atoms with E-state index in [9.17, 15) is 52.7 Å². The van der Waals surface area contributed by atoms with E-state index in [1.54, 1.807) is 13.8 Å². The van der Waals surface area contributed by atoms with Crippen LogP contribution in [0, 0.1) is 5.92 Å². The monoisotopic (exact) mass is 833 g/mol. The molecular weight excluding hydrogens is 778 g/mol. The number of hydrogen-bond acceptors (Lipinski definition) is 14. The molecule has 2 heterocycles. The van der Waals surface area contributed by atoms with Crippen molar-refractivity contribution in [2.24, 2.45) is 5.92 Å². The Morgan fingerprint density at radius 2 is 1.00 bits per heavy atom. The average molecular weight is 834 g/mol. The topological polar surface area (TPSA) is 282 Å². The van der Waals surface area contributed by atoms with Crippen LogP contribution < -0.4 is 26.6 Å². The second-order valence-electron chi connectivity index (χ2n) is 13.4. The van der Waals surface area contributed by atoms with E-state index in [2.05, 4.69) is 26.6 Å². The number of rotatable bonds is 30. The molecule has 326 valence electrons. The van der Waals surface area contributed by atoms with Crippen molar-refractivity contribution in [2.75, 3.05) is 65.6 Å². The molecule has 0 saturated heterocycles. The van der Waals surface area contributed by atoms with Crippen LogP contribution in [-0.4, -0.2) is 147 Å². The molecule has 2 aliphatic heterocycles. The zero-order valence-electron chi connectivity index (χ0n) is 33.5. The van der Waals surface area contributed by atoms with Gasteiger partial charge in [0.2, 0.25) is 17.7 Å². The Bertz CT molecular complexity index is 1460. The molecule has 0 aromatic rings. The van der Waals surface area contributed by atoms with Crippen molar-refractivity contribution in [1.82, 2.24) is 36.4 Å². The van der Waals surface area contributed by atoms with Crippen molar-refractivity contribution in [3.05, 3.63) is 24.3 Å². The number of nitrogens with one attached hydrogen (secondary N) is 5. The first-order valence-corrected chi connectivity index (χ1v) is 19.6. The molecule has 1 unspecified atom stereocenters.